The molecule has 0 radical (unpaired) electrons. The molecule has 0 aliphatic carbocycles. The van der Waals surface area contributed by atoms with Gasteiger partial charge in [-0.25, -0.2) is 0 Å². The van der Waals surface area contributed by atoms with E-state index in [0.29, 0.717) is 28.2 Å². The van der Waals surface area contributed by atoms with Gasteiger partial charge < -0.3 is 4.42 Å². The highest BCUT2D eigenvalue weighted by Gasteiger charge is 2.25. The highest BCUT2D eigenvalue weighted by atomic mass is 16.3. The van der Waals surface area contributed by atoms with Gasteiger partial charge in [0.05, 0.1) is 11.1 Å². The van der Waals surface area contributed by atoms with Gasteiger partial charge in [-0.15, -0.1) is 0 Å². The van der Waals surface area contributed by atoms with Gasteiger partial charge in [0.15, 0.2) is 5.78 Å². The van der Waals surface area contributed by atoms with Crippen LogP contribution in [0.2, 0.25) is 0 Å². The zero-order chi connectivity index (χ0) is 21.1. The van der Waals surface area contributed by atoms with Gasteiger partial charge in [-0.1, -0.05) is 89.7 Å². The first-order chi connectivity index (χ1) is 14.5. The third kappa shape index (κ3) is 3.97. The molecular formula is C28H22O2. The molecule has 2 heteroatoms. The molecule has 0 atom stereocenters. The standard InChI is InChI=1S/C28H22O2/c1-19-9-14-23(15-10-19)27(29)26-25(18-13-22-7-5-4-6-8-22)21(3)30-28(26)24-16-11-20(2)12-17-24/h4-12,14-17H,1-3H3. The highest BCUT2D eigenvalue weighted by molar-refractivity contribution is 6.14. The summed E-state index contributed by atoms with van der Waals surface area (Å²) in [5.74, 6) is 7.49. The lowest BCUT2D eigenvalue weighted by atomic mass is 9.95. The molecule has 0 aliphatic heterocycles. The molecule has 0 aliphatic rings. The predicted octanol–water partition coefficient (Wildman–Crippen LogP) is 6.50. The van der Waals surface area contributed by atoms with E-state index in [-0.39, 0.29) is 5.78 Å². The highest BCUT2D eigenvalue weighted by Crippen LogP contribution is 2.33. The van der Waals surface area contributed by atoms with Gasteiger partial charge in [0.1, 0.15) is 11.5 Å². The average Bonchev–Trinajstić information content (AvgIpc) is 3.09. The van der Waals surface area contributed by atoms with Crippen molar-refractivity contribution in [2.45, 2.75) is 20.8 Å². The first-order valence-corrected chi connectivity index (χ1v) is 9.92. The van der Waals surface area contributed by atoms with Crippen molar-refractivity contribution < 1.29 is 9.21 Å². The van der Waals surface area contributed by atoms with Crippen LogP contribution in [0.15, 0.2) is 83.3 Å². The van der Waals surface area contributed by atoms with E-state index in [2.05, 4.69) is 11.8 Å². The minimum atomic E-state index is -0.0835. The summed E-state index contributed by atoms with van der Waals surface area (Å²) in [5, 5.41) is 0. The summed E-state index contributed by atoms with van der Waals surface area (Å²) in [7, 11) is 0. The Balaban J connectivity index is 1.89. The van der Waals surface area contributed by atoms with Crippen LogP contribution in [0.5, 0.6) is 0 Å². The Labute approximate surface area is 177 Å². The van der Waals surface area contributed by atoms with E-state index >= 15 is 0 Å². The fraction of sp³-hybridized carbons (Fsp3) is 0.107. The summed E-state index contributed by atoms with van der Waals surface area (Å²) in [4.78, 5) is 13.5. The van der Waals surface area contributed by atoms with E-state index in [1.54, 1.807) is 0 Å². The number of furan rings is 1. The summed E-state index contributed by atoms with van der Waals surface area (Å²) in [5.41, 5.74) is 5.80. The second kappa shape index (κ2) is 8.27. The molecule has 4 aromatic rings. The van der Waals surface area contributed by atoms with E-state index in [0.717, 1.165) is 22.3 Å². The minimum absolute atomic E-state index is 0.0835. The zero-order valence-corrected chi connectivity index (χ0v) is 17.3. The van der Waals surface area contributed by atoms with E-state index in [9.17, 15) is 4.79 Å². The van der Waals surface area contributed by atoms with E-state index in [1.807, 2.05) is 99.6 Å². The van der Waals surface area contributed by atoms with Crippen LogP contribution in [0.25, 0.3) is 11.3 Å². The Morgan fingerprint density at radius 3 is 1.97 bits per heavy atom. The Morgan fingerprint density at radius 2 is 1.33 bits per heavy atom. The first-order valence-electron chi connectivity index (χ1n) is 9.92. The van der Waals surface area contributed by atoms with Crippen LogP contribution in [0, 0.1) is 32.6 Å². The summed E-state index contributed by atoms with van der Waals surface area (Å²) >= 11 is 0. The van der Waals surface area contributed by atoms with Gasteiger partial charge in [0, 0.05) is 16.7 Å². The molecule has 1 heterocycles. The number of rotatable bonds is 3. The predicted molar refractivity (Wildman–Crippen MR) is 121 cm³/mol. The van der Waals surface area contributed by atoms with Gasteiger partial charge in [0.25, 0.3) is 0 Å². The Morgan fingerprint density at radius 1 is 0.733 bits per heavy atom. The number of ketones is 1. The first kappa shape index (κ1) is 19.5. The number of hydrogen-bond donors (Lipinski definition) is 0. The lowest BCUT2D eigenvalue weighted by Gasteiger charge is -2.05. The van der Waals surface area contributed by atoms with Crippen LogP contribution in [-0.2, 0) is 0 Å². The maximum atomic E-state index is 13.5. The Kier molecular flexibility index (Phi) is 5.37. The number of benzene rings is 3. The van der Waals surface area contributed by atoms with Gasteiger partial charge >= 0.3 is 0 Å². The molecule has 0 fully saturated rings. The van der Waals surface area contributed by atoms with Gasteiger partial charge in [0.2, 0.25) is 0 Å². The average molecular weight is 390 g/mol. The molecule has 0 N–H and O–H groups in total. The fourth-order valence-electron chi connectivity index (χ4n) is 3.33. The van der Waals surface area contributed by atoms with Crippen LogP contribution in [0.3, 0.4) is 0 Å². The third-order valence-corrected chi connectivity index (χ3v) is 5.04. The molecule has 2 nitrogen and oxygen atoms in total. The third-order valence-electron chi connectivity index (χ3n) is 5.04. The number of hydrogen-bond acceptors (Lipinski definition) is 2. The molecular weight excluding hydrogens is 368 g/mol. The summed E-state index contributed by atoms with van der Waals surface area (Å²) < 4.78 is 6.10. The molecule has 0 amide bonds. The van der Waals surface area contributed by atoms with Crippen molar-refractivity contribution in [3.8, 4) is 23.2 Å². The smallest absolute Gasteiger partial charge is 0.198 e. The molecule has 4 rings (SSSR count). The van der Waals surface area contributed by atoms with Crippen molar-refractivity contribution >= 4 is 5.78 Å². The Hall–Kier alpha value is -3.83. The SMILES string of the molecule is Cc1ccc(C(=O)c2c(-c3ccc(C)cc3)oc(C)c2C#Cc2ccccc2)cc1. The van der Waals surface area contributed by atoms with Crippen molar-refractivity contribution in [3.63, 3.8) is 0 Å². The van der Waals surface area contributed by atoms with E-state index < -0.39 is 0 Å². The molecule has 30 heavy (non-hydrogen) atoms. The van der Waals surface area contributed by atoms with Crippen LogP contribution in [0.4, 0.5) is 0 Å². The largest absolute Gasteiger partial charge is 0.459 e. The zero-order valence-electron chi connectivity index (χ0n) is 17.3. The number of aryl methyl sites for hydroxylation is 3. The maximum Gasteiger partial charge on any atom is 0.198 e. The van der Waals surface area contributed by atoms with Crippen molar-refractivity contribution in [3.05, 3.63) is 118 Å². The van der Waals surface area contributed by atoms with Crippen LogP contribution in [0.1, 0.15) is 43.9 Å². The van der Waals surface area contributed by atoms with Crippen molar-refractivity contribution in [2.24, 2.45) is 0 Å². The lowest BCUT2D eigenvalue weighted by Crippen LogP contribution is -2.04. The van der Waals surface area contributed by atoms with Gasteiger partial charge in [-0.3, -0.25) is 4.79 Å². The molecule has 0 saturated heterocycles. The lowest BCUT2D eigenvalue weighted by molar-refractivity contribution is 0.103. The summed E-state index contributed by atoms with van der Waals surface area (Å²) in [6.07, 6.45) is 0. The molecule has 1 aromatic heterocycles. The Bertz CT molecular complexity index is 1250. The second-order valence-corrected chi connectivity index (χ2v) is 7.41. The molecule has 0 unspecified atom stereocenters. The van der Waals surface area contributed by atoms with Crippen molar-refractivity contribution in [1.29, 1.82) is 0 Å². The quantitative estimate of drug-likeness (QED) is 0.295. The van der Waals surface area contributed by atoms with Gasteiger partial charge in [-0.2, -0.15) is 0 Å². The molecule has 146 valence electrons. The van der Waals surface area contributed by atoms with E-state index in [4.69, 9.17) is 4.42 Å². The molecule has 3 aromatic carbocycles. The van der Waals surface area contributed by atoms with E-state index in [1.165, 1.54) is 0 Å². The van der Waals surface area contributed by atoms with Crippen LogP contribution < -0.4 is 0 Å². The number of carbonyl (C=O) groups is 1. The van der Waals surface area contributed by atoms with Crippen molar-refractivity contribution in [1.82, 2.24) is 0 Å². The van der Waals surface area contributed by atoms with Crippen molar-refractivity contribution in [2.75, 3.05) is 0 Å². The topological polar surface area (TPSA) is 30.2 Å². The minimum Gasteiger partial charge on any atom is -0.459 e. The number of carbonyl (C=O) groups excluding carboxylic acids is 1. The summed E-state index contributed by atoms with van der Waals surface area (Å²) in [6.45, 7) is 5.90. The van der Waals surface area contributed by atoms with Crippen LogP contribution >= 0.6 is 0 Å². The molecule has 0 saturated carbocycles. The van der Waals surface area contributed by atoms with Gasteiger partial charge in [-0.05, 0) is 32.9 Å². The second-order valence-electron chi connectivity index (χ2n) is 7.41. The maximum absolute atomic E-state index is 13.5. The van der Waals surface area contributed by atoms with Crippen LogP contribution in [-0.4, -0.2) is 5.78 Å². The fourth-order valence-corrected chi connectivity index (χ4v) is 3.33. The monoisotopic (exact) mass is 390 g/mol. The summed E-state index contributed by atoms with van der Waals surface area (Å²) in [6, 6.07) is 25.3. The molecule has 0 bridgehead atoms. The molecule has 0 spiro atoms. The normalized spacial score (nSPS) is 10.4.